The second-order valence-electron chi connectivity index (χ2n) is 1.83. The monoisotopic (exact) mass is 152 g/mol. The van der Waals surface area contributed by atoms with Crippen molar-refractivity contribution in [2.24, 2.45) is 7.05 Å². The van der Waals surface area contributed by atoms with E-state index in [1.54, 1.807) is 4.68 Å². The minimum Gasteiger partial charge on any atom is -0.275 e. The molecule has 10 heavy (non-hydrogen) atoms. The van der Waals surface area contributed by atoms with Gasteiger partial charge in [0.1, 0.15) is 5.69 Å². The summed E-state index contributed by atoms with van der Waals surface area (Å²) in [7, 11) is 1.87. The zero-order valence-electron chi connectivity index (χ0n) is 5.70. The molecule has 3 heteroatoms. The Bertz CT molecular complexity index is 267. The Labute approximate surface area is 65.7 Å². The summed E-state index contributed by atoms with van der Waals surface area (Å²) in [6.45, 7) is 0. The van der Waals surface area contributed by atoms with Gasteiger partial charge in [-0.05, 0) is 12.0 Å². The van der Waals surface area contributed by atoms with E-state index in [1.807, 2.05) is 19.3 Å². The molecule has 2 nitrogen and oxygen atoms in total. The summed E-state index contributed by atoms with van der Waals surface area (Å²) < 4.78 is 1.72. The quantitative estimate of drug-likeness (QED) is 0.428. The lowest BCUT2D eigenvalue weighted by Crippen LogP contribution is -1.87. The second kappa shape index (κ2) is 3.33. The van der Waals surface area contributed by atoms with E-state index in [1.165, 1.54) is 0 Å². The van der Waals surface area contributed by atoms with Crippen molar-refractivity contribution >= 4 is 12.6 Å². The maximum atomic E-state index is 4.06. The molecular weight excluding hydrogens is 144 g/mol. The first kappa shape index (κ1) is 7.23. The molecule has 0 N–H and O–H groups in total. The summed E-state index contributed by atoms with van der Waals surface area (Å²) in [5.41, 5.74) is 0.802. The summed E-state index contributed by atoms with van der Waals surface area (Å²) in [6, 6.07) is 1.87. The van der Waals surface area contributed by atoms with E-state index in [0.29, 0.717) is 5.75 Å². The number of aryl methyl sites for hydroxylation is 1. The van der Waals surface area contributed by atoms with Gasteiger partial charge in [-0.2, -0.15) is 17.7 Å². The molecule has 0 amide bonds. The zero-order valence-corrected chi connectivity index (χ0v) is 6.60. The van der Waals surface area contributed by atoms with Crippen LogP contribution in [-0.4, -0.2) is 15.5 Å². The molecule has 0 spiro atoms. The summed E-state index contributed by atoms with van der Waals surface area (Å²) >= 11 is 3.95. The Kier molecular flexibility index (Phi) is 2.41. The predicted molar refractivity (Wildman–Crippen MR) is 43.9 cm³/mol. The van der Waals surface area contributed by atoms with Crippen LogP contribution >= 0.6 is 12.6 Å². The smallest absolute Gasteiger partial charge is 0.135 e. The number of thiol groups is 1. The topological polar surface area (TPSA) is 17.8 Å². The molecule has 0 saturated heterocycles. The van der Waals surface area contributed by atoms with Gasteiger partial charge in [0.15, 0.2) is 0 Å². The lowest BCUT2D eigenvalue weighted by Gasteiger charge is -1.80. The third-order valence-corrected chi connectivity index (χ3v) is 1.17. The maximum Gasteiger partial charge on any atom is 0.135 e. The van der Waals surface area contributed by atoms with Crippen LogP contribution in [0, 0.1) is 11.8 Å². The van der Waals surface area contributed by atoms with Crippen LogP contribution in [0.3, 0.4) is 0 Å². The first-order valence-corrected chi connectivity index (χ1v) is 3.55. The van der Waals surface area contributed by atoms with Crippen molar-refractivity contribution in [3.63, 3.8) is 0 Å². The van der Waals surface area contributed by atoms with Gasteiger partial charge in [0, 0.05) is 13.2 Å². The van der Waals surface area contributed by atoms with Gasteiger partial charge >= 0.3 is 0 Å². The molecule has 0 radical (unpaired) electrons. The summed E-state index contributed by atoms with van der Waals surface area (Å²) in [5, 5.41) is 4.06. The minimum atomic E-state index is 0.580. The molecule has 1 heterocycles. The van der Waals surface area contributed by atoms with E-state index in [-0.39, 0.29) is 0 Å². The molecule has 0 unspecified atom stereocenters. The number of aromatic nitrogens is 2. The maximum absolute atomic E-state index is 4.06. The third kappa shape index (κ3) is 1.82. The van der Waals surface area contributed by atoms with Crippen LogP contribution in [0.25, 0.3) is 0 Å². The number of hydrogen-bond donors (Lipinski definition) is 1. The highest BCUT2D eigenvalue weighted by Crippen LogP contribution is 1.89. The fourth-order valence-corrected chi connectivity index (χ4v) is 0.691. The SMILES string of the molecule is Cn1ccc(C#CCS)n1. The number of hydrogen-bond acceptors (Lipinski definition) is 2. The molecule has 1 aromatic rings. The highest BCUT2D eigenvalue weighted by atomic mass is 32.1. The largest absolute Gasteiger partial charge is 0.275 e. The summed E-state index contributed by atoms with van der Waals surface area (Å²) in [5.74, 6) is 6.25. The van der Waals surface area contributed by atoms with Crippen molar-refractivity contribution < 1.29 is 0 Å². The van der Waals surface area contributed by atoms with E-state index in [0.717, 1.165) is 5.69 Å². The van der Waals surface area contributed by atoms with Crippen LogP contribution < -0.4 is 0 Å². The molecule has 1 rings (SSSR count). The van der Waals surface area contributed by atoms with Gasteiger partial charge in [0.05, 0.1) is 5.75 Å². The van der Waals surface area contributed by atoms with Crippen molar-refractivity contribution in [2.45, 2.75) is 0 Å². The zero-order chi connectivity index (χ0) is 7.40. The Morgan fingerprint density at radius 1 is 1.80 bits per heavy atom. The molecule has 1 aromatic heterocycles. The lowest BCUT2D eigenvalue weighted by atomic mass is 10.4. The van der Waals surface area contributed by atoms with Crippen molar-refractivity contribution in [3.8, 4) is 11.8 Å². The molecule has 0 saturated carbocycles. The van der Waals surface area contributed by atoms with Crippen LogP contribution in [0.2, 0.25) is 0 Å². The van der Waals surface area contributed by atoms with Gasteiger partial charge < -0.3 is 0 Å². The Morgan fingerprint density at radius 3 is 3.10 bits per heavy atom. The van der Waals surface area contributed by atoms with Crippen LogP contribution in [0.15, 0.2) is 12.3 Å². The molecule has 52 valence electrons. The van der Waals surface area contributed by atoms with E-state index < -0.39 is 0 Å². The highest BCUT2D eigenvalue weighted by Gasteiger charge is 1.87. The molecule has 0 aromatic carbocycles. The van der Waals surface area contributed by atoms with Crippen molar-refractivity contribution in [2.75, 3.05) is 5.75 Å². The summed E-state index contributed by atoms with van der Waals surface area (Å²) in [6.07, 6.45) is 1.86. The van der Waals surface area contributed by atoms with Gasteiger partial charge in [-0.3, -0.25) is 4.68 Å². The van der Waals surface area contributed by atoms with E-state index in [2.05, 4.69) is 29.6 Å². The first-order valence-electron chi connectivity index (χ1n) is 2.92. The Morgan fingerprint density at radius 2 is 2.60 bits per heavy atom. The number of rotatable bonds is 0. The van der Waals surface area contributed by atoms with Crippen LogP contribution in [0.1, 0.15) is 5.69 Å². The van der Waals surface area contributed by atoms with E-state index >= 15 is 0 Å². The molecule has 0 aliphatic rings. The van der Waals surface area contributed by atoms with Crippen molar-refractivity contribution in [1.82, 2.24) is 9.78 Å². The molecule has 0 atom stereocenters. The van der Waals surface area contributed by atoms with Gasteiger partial charge in [-0.1, -0.05) is 5.92 Å². The molecular formula is C7H8N2S. The van der Waals surface area contributed by atoms with Gasteiger partial charge in [-0.25, -0.2) is 0 Å². The van der Waals surface area contributed by atoms with Crippen molar-refractivity contribution in [1.29, 1.82) is 0 Å². The first-order chi connectivity index (χ1) is 4.83. The molecule has 0 aliphatic carbocycles. The Balaban J connectivity index is 2.76. The molecule has 0 bridgehead atoms. The highest BCUT2D eigenvalue weighted by molar-refractivity contribution is 7.80. The van der Waals surface area contributed by atoms with Gasteiger partial charge in [0.2, 0.25) is 0 Å². The molecule has 0 fully saturated rings. The van der Waals surface area contributed by atoms with E-state index in [9.17, 15) is 0 Å². The third-order valence-electron chi connectivity index (χ3n) is 1.01. The van der Waals surface area contributed by atoms with Crippen LogP contribution in [0.5, 0.6) is 0 Å². The number of nitrogens with zero attached hydrogens (tertiary/aromatic N) is 2. The summed E-state index contributed by atoms with van der Waals surface area (Å²) in [4.78, 5) is 0. The van der Waals surface area contributed by atoms with Gasteiger partial charge in [0.25, 0.3) is 0 Å². The standard InChI is InChI=1S/C7H8N2S/c1-9-5-4-7(8-9)3-2-6-10/h4-5,10H,6H2,1H3. The van der Waals surface area contributed by atoms with Crippen LogP contribution in [0.4, 0.5) is 0 Å². The van der Waals surface area contributed by atoms with Crippen LogP contribution in [-0.2, 0) is 7.05 Å². The fraction of sp³-hybridized carbons (Fsp3) is 0.286. The normalized spacial score (nSPS) is 8.60. The van der Waals surface area contributed by atoms with Gasteiger partial charge in [-0.15, -0.1) is 0 Å². The second-order valence-corrected chi connectivity index (χ2v) is 2.15. The fourth-order valence-electron chi connectivity index (χ4n) is 0.612. The minimum absolute atomic E-state index is 0.580. The lowest BCUT2D eigenvalue weighted by molar-refractivity contribution is 0.764. The predicted octanol–water partition coefficient (Wildman–Crippen LogP) is 0.701. The van der Waals surface area contributed by atoms with Crippen molar-refractivity contribution in [3.05, 3.63) is 18.0 Å². The average Bonchev–Trinajstić information content (AvgIpc) is 2.31. The Hall–Kier alpha value is -0.880. The molecule has 0 aliphatic heterocycles. The van der Waals surface area contributed by atoms with E-state index in [4.69, 9.17) is 0 Å². The average molecular weight is 152 g/mol.